The molecule has 23 heavy (non-hydrogen) atoms. The molecular weight excluding hydrogens is 322 g/mol. The molecule has 0 aromatic heterocycles. The van der Waals surface area contributed by atoms with Crippen molar-refractivity contribution in [2.75, 3.05) is 13.1 Å². The fraction of sp³-hybridized carbons (Fsp3) is 0.333. The van der Waals surface area contributed by atoms with Crippen LogP contribution in [0.15, 0.2) is 35.2 Å². The summed E-state index contributed by atoms with van der Waals surface area (Å²) >= 11 is 0. The van der Waals surface area contributed by atoms with E-state index in [9.17, 15) is 28.2 Å². The Bertz CT molecular complexity index is 715. The monoisotopic (exact) mass is 337 g/mol. The second-order valence-corrected chi connectivity index (χ2v) is 7.16. The van der Waals surface area contributed by atoms with Crippen molar-refractivity contribution < 1.29 is 28.2 Å². The van der Waals surface area contributed by atoms with Gasteiger partial charge in [0.15, 0.2) is 0 Å². The van der Waals surface area contributed by atoms with Crippen LogP contribution in [0.1, 0.15) is 18.4 Å². The Hall–Kier alpha value is -2.19. The maximum Gasteiger partial charge on any atom is 0.243 e. The molecule has 0 unspecified atom stereocenters. The maximum absolute atomic E-state index is 12.5. The van der Waals surface area contributed by atoms with Gasteiger partial charge in [0, 0.05) is 25.0 Å². The predicted octanol–water partition coefficient (Wildman–Crippen LogP) is -1.40. The molecule has 0 N–H and O–H groups in total. The van der Waals surface area contributed by atoms with Gasteiger partial charge >= 0.3 is 0 Å². The van der Waals surface area contributed by atoms with Gasteiger partial charge in [-0.2, -0.15) is 4.31 Å². The van der Waals surface area contributed by atoms with Gasteiger partial charge in [-0.25, -0.2) is 8.42 Å². The summed E-state index contributed by atoms with van der Waals surface area (Å²) in [5, 5.41) is 21.1. The van der Waals surface area contributed by atoms with Crippen LogP contribution >= 0.6 is 0 Å². The first-order valence-corrected chi connectivity index (χ1v) is 8.45. The molecular formula is C15H15NO6S-2. The second-order valence-electron chi connectivity index (χ2n) is 5.22. The lowest BCUT2D eigenvalue weighted by Gasteiger charge is -2.31. The second kappa shape index (κ2) is 6.93. The Labute approximate surface area is 133 Å². The van der Waals surface area contributed by atoms with Crippen molar-refractivity contribution in [2.24, 2.45) is 5.92 Å². The van der Waals surface area contributed by atoms with E-state index < -0.39 is 27.9 Å². The van der Waals surface area contributed by atoms with Gasteiger partial charge in [-0.3, -0.25) is 0 Å². The topological polar surface area (TPSA) is 118 Å². The maximum atomic E-state index is 12.5. The number of carboxylic acids is 2. The van der Waals surface area contributed by atoms with Gasteiger partial charge in [-0.15, -0.1) is 0 Å². The van der Waals surface area contributed by atoms with Crippen molar-refractivity contribution in [3.8, 4) is 0 Å². The highest BCUT2D eigenvalue weighted by atomic mass is 32.2. The van der Waals surface area contributed by atoms with Gasteiger partial charge < -0.3 is 19.8 Å². The first-order chi connectivity index (χ1) is 10.8. The Morgan fingerprint density at radius 3 is 2.13 bits per heavy atom. The third-order valence-corrected chi connectivity index (χ3v) is 5.63. The summed E-state index contributed by atoms with van der Waals surface area (Å²) in [5.74, 6) is -3.10. The quantitative estimate of drug-likeness (QED) is 0.610. The fourth-order valence-corrected chi connectivity index (χ4v) is 3.87. The van der Waals surface area contributed by atoms with Gasteiger partial charge in [-0.1, -0.05) is 18.2 Å². The molecule has 1 saturated heterocycles. The smallest absolute Gasteiger partial charge is 0.243 e. The van der Waals surface area contributed by atoms with Crippen LogP contribution in [0, 0.1) is 5.92 Å². The molecule has 0 amide bonds. The number of hydrogen-bond donors (Lipinski definition) is 0. The first-order valence-electron chi connectivity index (χ1n) is 7.01. The average molecular weight is 337 g/mol. The normalized spacial score (nSPS) is 17.4. The highest BCUT2D eigenvalue weighted by Crippen LogP contribution is 2.23. The summed E-state index contributed by atoms with van der Waals surface area (Å²) in [6, 6.07) is 5.74. The van der Waals surface area contributed by atoms with Gasteiger partial charge in [-0.05, 0) is 36.6 Å². The third-order valence-electron chi connectivity index (χ3n) is 3.72. The van der Waals surface area contributed by atoms with Crippen LogP contribution < -0.4 is 10.2 Å². The van der Waals surface area contributed by atoms with Crippen LogP contribution in [-0.2, 0) is 19.6 Å². The zero-order valence-electron chi connectivity index (χ0n) is 12.2. The standard InChI is InChI=1S/C15H17NO6S/c17-14(18)6-3-11-1-4-13(5-2-11)23(21,22)16-9-7-12(8-10-16)15(19)20/h1-6,12H,7-10H2,(H,17,18)(H,19,20)/p-2/b6-3+. The van der Waals surface area contributed by atoms with Crippen LogP contribution in [0.25, 0.3) is 6.08 Å². The number of benzene rings is 1. The van der Waals surface area contributed by atoms with Gasteiger partial charge in [0.25, 0.3) is 0 Å². The number of carbonyl (C=O) groups excluding carboxylic acids is 2. The zero-order valence-corrected chi connectivity index (χ0v) is 13.0. The summed E-state index contributed by atoms with van der Waals surface area (Å²) < 4.78 is 26.2. The van der Waals surface area contributed by atoms with Crippen LogP contribution in [-0.4, -0.2) is 37.8 Å². The Balaban J connectivity index is 2.11. The number of nitrogens with zero attached hydrogens (tertiary/aromatic N) is 1. The largest absolute Gasteiger partial charge is 0.550 e. The molecule has 0 bridgehead atoms. The van der Waals surface area contributed by atoms with Crippen molar-refractivity contribution in [3.63, 3.8) is 0 Å². The van der Waals surface area contributed by atoms with Crippen molar-refractivity contribution in [1.82, 2.24) is 4.31 Å². The Morgan fingerprint density at radius 1 is 1.09 bits per heavy atom. The highest BCUT2D eigenvalue weighted by molar-refractivity contribution is 7.89. The SMILES string of the molecule is O=C([O-])/C=C/c1ccc(S(=O)(=O)N2CCC(C(=O)[O-])CC2)cc1. The zero-order chi connectivity index (χ0) is 17.0. The van der Waals surface area contributed by atoms with E-state index in [2.05, 4.69) is 0 Å². The number of sulfonamides is 1. The molecule has 2 rings (SSSR count). The summed E-state index contributed by atoms with van der Waals surface area (Å²) in [5.41, 5.74) is 0.531. The molecule has 1 aromatic carbocycles. The lowest BCUT2D eigenvalue weighted by molar-refractivity contribution is -0.312. The van der Waals surface area contributed by atoms with E-state index in [1.807, 2.05) is 0 Å². The van der Waals surface area contributed by atoms with Crippen molar-refractivity contribution in [3.05, 3.63) is 35.9 Å². The fourth-order valence-electron chi connectivity index (χ4n) is 2.40. The Kier molecular flexibility index (Phi) is 5.17. The number of carbonyl (C=O) groups is 2. The summed E-state index contributed by atoms with van der Waals surface area (Å²) in [6.07, 6.45) is 2.62. The highest BCUT2D eigenvalue weighted by Gasteiger charge is 2.29. The molecule has 1 aromatic rings. The van der Waals surface area contributed by atoms with Crippen molar-refractivity contribution >= 4 is 28.0 Å². The first kappa shape index (κ1) is 17.2. The molecule has 8 heteroatoms. The van der Waals surface area contributed by atoms with Crippen molar-refractivity contribution in [2.45, 2.75) is 17.7 Å². The predicted molar refractivity (Wildman–Crippen MR) is 77.0 cm³/mol. The van der Waals surface area contributed by atoms with Crippen LogP contribution in [0.4, 0.5) is 0 Å². The number of rotatable bonds is 5. The Morgan fingerprint density at radius 2 is 1.65 bits per heavy atom. The van der Waals surface area contributed by atoms with Gasteiger partial charge in [0.2, 0.25) is 10.0 Å². The van der Waals surface area contributed by atoms with Crippen LogP contribution in [0.3, 0.4) is 0 Å². The minimum Gasteiger partial charge on any atom is -0.550 e. The van der Waals surface area contributed by atoms with E-state index in [0.29, 0.717) is 5.56 Å². The summed E-state index contributed by atoms with van der Waals surface area (Å²) in [6.45, 7) is 0.265. The molecule has 0 spiro atoms. The third kappa shape index (κ3) is 4.17. The summed E-state index contributed by atoms with van der Waals surface area (Å²) in [7, 11) is -3.69. The van der Waals surface area contributed by atoms with Crippen molar-refractivity contribution in [1.29, 1.82) is 0 Å². The number of hydrogen-bond acceptors (Lipinski definition) is 6. The molecule has 124 valence electrons. The number of carboxylic acid groups (broad SMARTS) is 2. The minimum absolute atomic E-state index is 0.0787. The molecule has 1 fully saturated rings. The lowest BCUT2D eigenvalue weighted by Crippen LogP contribution is -2.43. The molecule has 1 heterocycles. The molecule has 0 radical (unpaired) electrons. The molecule has 1 aliphatic rings. The van der Waals surface area contributed by atoms with E-state index in [1.54, 1.807) is 0 Å². The van der Waals surface area contributed by atoms with Crippen LogP contribution in [0.2, 0.25) is 0 Å². The van der Waals surface area contributed by atoms with E-state index in [4.69, 9.17) is 0 Å². The average Bonchev–Trinajstić information content (AvgIpc) is 2.53. The van der Waals surface area contributed by atoms with Gasteiger partial charge in [0.05, 0.1) is 10.9 Å². The van der Waals surface area contributed by atoms with E-state index in [0.717, 1.165) is 6.08 Å². The molecule has 1 aliphatic heterocycles. The lowest BCUT2D eigenvalue weighted by atomic mass is 9.99. The van der Waals surface area contributed by atoms with Gasteiger partial charge in [0.1, 0.15) is 0 Å². The number of aliphatic carboxylic acids is 2. The van der Waals surface area contributed by atoms with E-state index in [-0.39, 0.29) is 30.8 Å². The van der Waals surface area contributed by atoms with E-state index >= 15 is 0 Å². The van der Waals surface area contributed by atoms with E-state index in [1.165, 1.54) is 34.6 Å². The molecule has 7 nitrogen and oxygen atoms in total. The molecule has 0 saturated carbocycles. The van der Waals surface area contributed by atoms with Crippen LogP contribution in [0.5, 0.6) is 0 Å². The number of piperidine rings is 1. The molecule has 0 atom stereocenters. The molecule has 0 aliphatic carbocycles. The minimum atomic E-state index is -3.69. The summed E-state index contributed by atoms with van der Waals surface area (Å²) in [4.78, 5) is 21.2.